The second-order valence-electron chi connectivity index (χ2n) is 4.60. The van der Waals surface area contributed by atoms with Crippen molar-refractivity contribution in [1.82, 2.24) is 4.98 Å². The summed E-state index contributed by atoms with van der Waals surface area (Å²) in [6.45, 7) is 0. The van der Waals surface area contributed by atoms with Crippen molar-refractivity contribution in [2.45, 2.75) is 0 Å². The van der Waals surface area contributed by atoms with Gasteiger partial charge in [0.2, 0.25) is 0 Å². The van der Waals surface area contributed by atoms with Crippen molar-refractivity contribution in [3.05, 3.63) is 65.4 Å². The zero-order valence-electron chi connectivity index (χ0n) is 11.1. The molecule has 4 N–H and O–H groups in total. The molecule has 3 rings (SSSR count). The highest BCUT2D eigenvalue weighted by atomic mass is 16.4. The lowest BCUT2D eigenvalue weighted by molar-refractivity contribution is 0.0698. The molecule has 1 heterocycles. The number of hydrogen-bond acceptors (Lipinski definition) is 2. The lowest BCUT2D eigenvalue weighted by Gasteiger charge is -2.02. The highest BCUT2D eigenvalue weighted by Gasteiger charge is 2.09. The van der Waals surface area contributed by atoms with Crippen LogP contribution in [0.15, 0.2) is 48.7 Å². The van der Waals surface area contributed by atoms with Crippen LogP contribution in [0.1, 0.15) is 21.5 Å². The molecule has 0 radical (unpaired) electrons. The van der Waals surface area contributed by atoms with Gasteiger partial charge in [0.05, 0.1) is 11.3 Å². The minimum Gasteiger partial charge on any atom is -0.478 e. The van der Waals surface area contributed by atoms with Gasteiger partial charge in [-0.05, 0) is 35.7 Å². The summed E-state index contributed by atoms with van der Waals surface area (Å²) in [5.74, 6) is 4.88. The molecular formula is C17H12N2O2. The van der Waals surface area contributed by atoms with E-state index in [4.69, 9.17) is 10.8 Å². The number of rotatable bonds is 1. The fourth-order valence-electron chi connectivity index (χ4n) is 2.13. The Morgan fingerprint density at radius 1 is 1.14 bits per heavy atom. The first kappa shape index (κ1) is 12.8. The van der Waals surface area contributed by atoms with Gasteiger partial charge in [0.1, 0.15) is 0 Å². The fourth-order valence-corrected chi connectivity index (χ4v) is 2.13. The zero-order valence-corrected chi connectivity index (χ0v) is 11.1. The Bertz CT molecular complexity index is 898. The molecule has 0 unspecified atom stereocenters. The molecule has 0 saturated heterocycles. The lowest BCUT2D eigenvalue weighted by Crippen LogP contribution is -2.03. The number of carboxylic acid groups (broad SMARTS) is 1. The van der Waals surface area contributed by atoms with Crippen LogP contribution in [0.2, 0.25) is 0 Å². The van der Waals surface area contributed by atoms with Crippen LogP contribution in [0, 0.1) is 11.8 Å². The van der Waals surface area contributed by atoms with E-state index in [9.17, 15) is 4.79 Å². The number of nitrogens with two attached hydrogens (primary N) is 1. The van der Waals surface area contributed by atoms with E-state index in [0.29, 0.717) is 5.56 Å². The lowest BCUT2D eigenvalue weighted by atomic mass is 10.1. The first-order valence-electron chi connectivity index (χ1n) is 6.36. The largest absolute Gasteiger partial charge is 0.478 e. The Morgan fingerprint density at radius 2 is 2.00 bits per heavy atom. The Labute approximate surface area is 121 Å². The summed E-state index contributed by atoms with van der Waals surface area (Å²) in [7, 11) is 0. The van der Waals surface area contributed by atoms with Crippen LogP contribution in [0.3, 0.4) is 0 Å². The standard InChI is InChI=1S/C17H12N2O2/c18-16-13(2-1-3-14(16)17(20)21)7-5-11-4-6-12-8-9-19-15(12)10-11/h1-4,6,8-10,19H,18H2,(H,20,21). The predicted octanol–water partition coefficient (Wildman–Crippen LogP) is 2.85. The molecule has 102 valence electrons. The molecule has 4 heteroatoms. The van der Waals surface area contributed by atoms with Gasteiger partial charge in [-0.25, -0.2) is 4.79 Å². The monoisotopic (exact) mass is 276 g/mol. The van der Waals surface area contributed by atoms with Crippen LogP contribution in [-0.4, -0.2) is 16.1 Å². The van der Waals surface area contributed by atoms with Crippen molar-refractivity contribution >= 4 is 22.6 Å². The SMILES string of the molecule is Nc1c(C#Cc2ccc3cc[nH]c3c2)cccc1C(=O)O. The van der Waals surface area contributed by atoms with Crippen LogP contribution in [0.5, 0.6) is 0 Å². The number of aromatic amines is 1. The van der Waals surface area contributed by atoms with Gasteiger partial charge in [0.15, 0.2) is 0 Å². The number of hydrogen-bond donors (Lipinski definition) is 3. The molecule has 0 atom stereocenters. The Kier molecular flexibility index (Phi) is 3.09. The normalized spacial score (nSPS) is 10.1. The first-order valence-corrected chi connectivity index (χ1v) is 6.36. The van der Waals surface area contributed by atoms with Crippen molar-refractivity contribution in [1.29, 1.82) is 0 Å². The van der Waals surface area contributed by atoms with Crippen LogP contribution in [-0.2, 0) is 0 Å². The van der Waals surface area contributed by atoms with Gasteiger partial charge in [0.25, 0.3) is 0 Å². The Hall–Kier alpha value is -3.19. The number of H-pyrrole nitrogens is 1. The summed E-state index contributed by atoms with van der Waals surface area (Å²) in [5, 5.41) is 10.2. The van der Waals surface area contributed by atoms with Crippen molar-refractivity contribution in [2.75, 3.05) is 5.73 Å². The molecule has 1 aromatic heterocycles. The van der Waals surface area contributed by atoms with Crippen molar-refractivity contribution < 1.29 is 9.90 Å². The van der Waals surface area contributed by atoms with E-state index in [2.05, 4.69) is 16.8 Å². The van der Waals surface area contributed by atoms with E-state index in [1.165, 1.54) is 6.07 Å². The molecule has 0 fully saturated rings. The minimum atomic E-state index is -1.05. The van der Waals surface area contributed by atoms with Crippen LogP contribution >= 0.6 is 0 Å². The topological polar surface area (TPSA) is 79.1 Å². The van der Waals surface area contributed by atoms with Gasteiger partial charge >= 0.3 is 5.97 Å². The number of fused-ring (bicyclic) bond motifs is 1. The van der Waals surface area contributed by atoms with E-state index in [0.717, 1.165) is 16.5 Å². The van der Waals surface area contributed by atoms with Crippen LogP contribution < -0.4 is 5.73 Å². The number of nitrogens with one attached hydrogen (secondary N) is 1. The van der Waals surface area contributed by atoms with Gasteiger partial charge in [-0.1, -0.05) is 24.0 Å². The van der Waals surface area contributed by atoms with Crippen molar-refractivity contribution in [2.24, 2.45) is 0 Å². The molecule has 0 amide bonds. The number of carbonyl (C=O) groups is 1. The summed E-state index contributed by atoms with van der Waals surface area (Å²) < 4.78 is 0. The minimum absolute atomic E-state index is 0.0709. The molecule has 3 aromatic rings. The second kappa shape index (κ2) is 5.06. The summed E-state index contributed by atoms with van der Waals surface area (Å²) >= 11 is 0. The molecule has 4 nitrogen and oxygen atoms in total. The van der Waals surface area contributed by atoms with E-state index in [1.54, 1.807) is 12.1 Å². The number of carboxylic acids is 1. The Morgan fingerprint density at radius 3 is 2.81 bits per heavy atom. The third-order valence-electron chi connectivity index (χ3n) is 3.23. The molecular weight excluding hydrogens is 264 g/mol. The molecule has 0 bridgehead atoms. The third kappa shape index (κ3) is 2.45. The summed E-state index contributed by atoms with van der Waals surface area (Å²) in [6, 6.07) is 12.6. The highest BCUT2D eigenvalue weighted by Crippen LogP contribution is 2.17. The summed E-state index contributed by atoms with van der Waals surface area (Å²) in [4.78, 5) is 14.2. The quantitative estimate of drug-likeness (QED) is 0.472. The molecule has 2 aromatic carbocycles. The number of para-hydroxylation sites is 1. The number of nitrogen functional groups attached to an aromatic ring is 1. The smallest absolute Gasteiger partial charge is 0.337 e. The number of benzene rings is 2. The molecule has 0 aliphatic heterocycles. The molecule has 0 aliphatic rings. The number of aromatic nitrogens is 1. The van der Waals surface area contributed by atoms with E-state index in [-0.39, 0.29) is 11.3 Å². The maximum absolute atomic E-state index is 11.0. The van der Waals surface area contributed by atoms with Gasteiger partial charge < -0.3 is 15.8 Å². The molecule has 0 saturated carbocycles. The van der Waals surface area contributed by atoms with Crippen LogP contribution in [0.4, 0.5) is 5.69 Å². The van der Waals surface area contributed by atoms with Crippen molar-refractivity contribution in [3.8, 4) is 11.8 Å². The van der Waals surface area contributed by atoms with E-state index >= 15 is 0 Å². The molecule has 21 heavy (non-hydrogen) atoms. The maximum Gasteiger partial charge on any atom is 0.337 e. The molecule has 0 spiro atoms. The number of anilines is 1. The Balaban J connectivity index is 2.00. The van der Waals surface area contributed by atoms with Gasteiger partial charge in [-0.15, -0.1) is 0 Å². The van der Waals surface area contributed by atoms with Crippen molar-refractivity contribution in [3.63, 3.8) is 0 Å². The summed E-state index contributed by atoms with van der Waals surface area (Å²) in [5.41, 5.74) is 8.46. The van der Waals surface area contributed by atoms with Gasteiger partial charge in [-0.2, -0.15) is 0 Å². The number of aromatic carboxylic acids is 1. The van der Waals surface area contributed by atoms with E-state index < -0.39 is 5.97 Å². The first-order chi connectivity index (χ1) is 10.1. The van der Waals surface area contributed by atoms with Gasteiger partial charge in [0, 0.05) is 22.8 Å². The third-order valence-corrected chi connectivity index (χ3v) is 3.23. The maximum atomic E-state index is 11.0. The average Bonchev–Trinajstić information content (AvgIpc) is 2.93. The molecule has 0 aliphatic carbocycles. The zero-order chi connectivity index (χ0) is 14.8. The van der Waals surface area contributed by atoms with Crippen LogP contribution in [0.25, 0.3) is 10.9 Å². The predicted molar refractivity (Wildman–Crippen MR) is 82.1 cm³/mol. The van der Waals surface area contributed by atoms with E-state index in [1.807, 2.05) is 30.5 Å². The van der Waals surface area contributed by atoms with Gasteiger partial charge in [-0.3, -0.25) is 0 Å². The highest BCUT2D eigenvalue weighted by molar-refractivity contribution is 5.95. The fraction of sp³-hybridized carbons (Fsp3) is 0. The summed E-state index contributed by atoms with van der Waals surface area (Å²) in [6.07, 6.45) is 1.87. The average molecular weight is 276 g/mol. The second-order valence-corrected chi connectivity index (χ2v) is 4.60.